The summed E-state index contributed by atoms with van der Waals surface area (Å²) in [6, 6.07) is 2.12. The topological polar surface area (TPSA) is 57.8 Å². The first-order chi connectivity index (χ1) is 7.16. The van der Waals surface area contributed by atoms with Crippen LogP contribution in [0.1, 0.15) is 16.2 Å². The standard InChI is InChI=1S/C9H7BrIN3O/c10-6-5(1-2-12)14-4-3-13-9(15)8(14)7(6)11/h1,3-4H2,(H,13,15). The molecule has 4 nitrogen and oxygen atoms in total. The summed E-state index contributed by atoms with van der Waals surface area (Å²) >= 11 is 5.56. The van der Waals surface area contributed by atoms with Crippen molar-refractivity contribution in [2.24, 2.45) is 0 Å². The molecule has 0 fully saturated rings. The smallest absolute Gasteiger partial charge is 0.269 e. The van der Waals surface area contributed by atoms with Gasteiger partial charge >= 0.3 is 0 Å². The van der Waals surface area contributed by atoms with Crippen LogP contribution in [0, 0.1) is 14.9 Å². The number of halogens is 2. The fourth-order valence-electron chi connectivity index (χ4n) is 1.68. The number of aromatic nitrogens is 1. The molecule has 2 heterocycles. The zero-order chi connectivity index (χ0) is 11.0. The van der Waals surface area contributed by atoms with Crippen molar-refractivity contribution in [1.29, 1.82) is 5.26 Å². The van der Waals surface area contributed by atoms with E-state index in [4.69, 9.17) is 5.26 Å². The number of hydrogen-bond acceptors (Lipinski definition) is 2. The second kappa shape index (κ2) is 4.14. The second-order valence-electron chi connectivity index (χ2n) is 3.17. The van der Waals surface area contributed by atoms with E-state index in [1.54, 1.807) is 0 Å². The minimum Gasteiger partial charge on any atom is -0.349 e. The highest BCUT2D eigenvalue weighted by Gasteiger charge is 2.26. The lowest BCUT2D eigenvalue weighted by atomic mass is 10.3. The van der Waals surface area contributed by atoms with Gasteiger partial charge in [-0.2, -0.15) is 5.26 Å². The van der Waals surface area contributed by atoms with Crippen LogP contribution in [0.3, 0.4) is 0 Å². The molecule has 1 aliphatic rings. The van der Waals surface area contributed by atoms with Gasteiger partial charge in [0.15, 0.2) is 0 Å². The summed E-state index contributed by atoms with van der Waals surface area (Å²) in [6.45, 7) is 1.36. The molecule has 0 atom stereocenters. The van der Waals surface area contributed by atoms with Crippen LogP contribution in [0.5, 0.6) is 0 Å². The highest BCUT2D eigenvalue weighted by molar-refractivity contribution is 14.1. The quantitative estimate of drug-likeness (QED) is 0.754. The molecule has 1 aromatic rings. The van der Waals surface area contributed by atoms with Gasteiger partial charge in [-0.3, -0.25) is 4.79 Å². The number of fused-ring (bicyclic) bond motifs is 1. The Bertz CT molecular complexity index is 475. The fourth-order valence-corrected chi connectivity index (χ4v) is 3.07. The first kappa shape index (κ1) is 11.0. The van der Waals surface area contributed by atoms with Gasteiger partial charge in [-0.25, -0.2) is 0 Å². The lowest BCUT2D eigenvalue weighted by Gasteiger charge is -2.17. The van der Waals surface area contributed by atoms with E-state index in [0.29, 0.717) is 18.7 Å². The molecule has 2 rings (SSSR count). The zero-order valence-electron chi connectivity index (χ0n) is 7.68. The average molecular weight is 380 g/mol. The van der Waals surface area contributed by atoms with Crippen molar-refractivity contribution in [2.45, 2.75) is 13.0 Å². The largest absolute Gasteiger partial charge is 0.349 e. The predicted molar refractivity (Wildman–Crippen MR) is 66.5 cm³/mol. The van der Waals surface area contributed by atoms with Crippen LogP contribution in [0.4, 0.5) is 0 Å². The number of carbonyl (C=O) groups excluding carboxylic acids is 1. The van der Waals surface area contributed by atoms with E-state index in [0.717, 1.165) is 20.3 Å². The van der Waals surface area contributed by atoms with Crippen LogP contribution in [0.2, 0.25) is 0 Å². The fraction of sp³-hybridized carbons (Fsp3) is 0.333. The third-order valence-electron chi connectivity index (χ3n) is 2.33. The number of amides is 1. The highest BCUT2D eigenvalue weighted by atomic mass is 127. The summed E-state index contributed by atoms with van der Waals surface area (Å²) in [5.74, 6) is -0.0597. The maximum atomic E-state index is 11.6. The number of nitriles is 1. The molecule has 1 aromatic heterocycles. The van der Waals surface area contributed by atoms with Crippen LogP contribution in [0.15, 0.2) is 4.47 Å². The molecule has 0 aromatic carbocycles. The molecular weight excluding hydrogens is 373 g/mol. The van der Waals surface area contributed by atoms with Gasteiger partial charge in [0.1, 0.15) is 5.69 Å². The molecular formula is C9H7BrIN3O. The molecule has 0 spiro atoms. The van der Waals surface area contributed by atoms with Gasteiger partial charge in [0.05, 0.1) is 20.5 Å². The number of nitrogens with one attached hydrogen (secondary N) is 1. The molecule has 1 amide bonds. The van der Waals surface area contributed by atoms with Crippen molar-refractivity contribution in [2.75, 3.05) is 6.54 Å². The molecule has 6 heteroatoms. The lowest BCUT2D eigenvalue weighted by molar-refractivity contribution is 0.0926. The lowest BCUT2D eigenvalue weighted by Crippen LogP contribution is -2.36. The Morgan fingerprint density at radius 2 is 2.40 bits per heavy atom. The molecule has 0 aliphatic carbocycles. The van der Waals surface area contributed by atoms with Crippen LogP contribution < -0.4 is 5.32 Å². The molecule has 15 heavy (non-hydrogen) atoms. The predicted octanol–water partition coefficient (Wildman–Crippen LogP) is 1.66. The minimum atomic E-state index is -0.0597. The van der Waals surface area contributed by atoms with Gasteiger partial charge in [0.25, 0.3) is 5.91 Å². The van der Waals surface area contributed by atoms with Crippen molar-refractivity contribution in [3.63, 3.8) is 0 Å². The molecule has 0 bridgehead atoms. The Morgan fingerprint density at radius 3 is 3.07 bits per heavy atom. The Labute approximate surface area is 109 Å². The summed E-state index contributed by atoms with van der Waals surface area (Å²) in [5.41, 5.74) is 1.56. The molecule has 1 aliphatic heterocycles. The minimum absolute atomic E-state index is 0.0597. The van der Waals surface area contributed by atoms with Gasteiger partial charge in [-0.05, 0) is 38.5 Å². The molecule has 0 unspecified atom stereocenters. The summed E-state index contributed by atoms with van der Waals surface area (Å²) in [5, 5.41) is 11.5. The Morgan fingerprint density at radius 1 is 1.67 bits per heavy atom. The first-order valence-electron chi connectivity index (χ1n) is 4.38. The summed E-state index contributed by atoms with van der Waals surface area (Å²) in [7, 11) is 0. The third kappa shape index (κ3) is 1.67. The van der Waals surface area contributed by atoms with Crippen molar-refractivity contribution < 1.29 is 4.79 Å². The van der Waals surface area contributed by atoms with Gasteiger partial charge in [0.2, 0.25) is 0 Å². The first-order valence-corrected chi connectivity index (χ1v) is 6.25. The molecule has 1 N–H and O–H groups in total. The second-order valence-corrected chi connectivity index (χ2v) is 5.04. The molecule has 0 saturated heterocycles. The third-order valence-corrected chi connectivity index (χ3v) is 4.98. The maximum absolute atomic E-state index is 11.6. The zero-order valence-corrected chi connectivity index (χ0v) is 11.4. The van der Waals surface area contributed by atoms with Gasteiger partial charge in [-0.15, -0.1) is 0 Å². The molecule has 0 saturated carbocycles. The normalized spacial score (nSPS) is 14.3. The summed E-state index contributed by atoms with van der Waals surface area (Å²) in [4.78, 5) is 11.6. The van der Waals surface area contributed by atoms with Gasteiger partial charge < -0.3 is 9.88 Å². The highest BCUT2D eigenvalue weighted by Crippen LogP contribution is 2.31. The van der Waals surface area contributed by atoms with Crippen LogP contribution in [-0.2, 0) is 13.0 Å². The van der Waals surface area contributed by atoms with Crippen molar-refractivity contribution >= 4 is 44.4 Å². The number of hydrogen-bond donors (Lipinski definition) is 1. The summed E-state index contributed by atoms with van der Waals surface area (Å²) < 4.78 is 3.68. The monoisotopic (exact) mass is 379 g/mol. The molecule has 78 valence electrons. The Balaban J connectivity index is 2.64. The van der Waals surface area contributed by atoms with E-state index in [1.165, 1.54) is 0 Å². The van der Waals surface area contributed by atoms with Gasteiger partial charge in [-0.1, -0.05) is 0 Å². The van der Waals surface area contributed by atoms with Crippen molar-refractivity contribution in [3.05, 3.63) is 19.4 Å². The van der Waals surface area contributed by atoms with E-state index >= 15 is 0 Å². The van der Waals surface area contributed by atoms with E-state index in [-0.39, 0.29) is 5.91 Å². The van der Waals surface area contributed by atoms with Crippen molar-refractivity contribution in [3.8, 4) is 6.07 Å². The number of nitrogens with zero attached hydrogens (tertiary/aromatic N) is 2. The van der Waals surface area contributed by atoms with E-state index < -0.39 is 0 Å². The molecule has 0 radical (unpaired) electrons. The van der Waals surface area contributed by atoms with Crippen LogP contribution >= 0.6 is 38.5 Å². The SMILES string of the molecule is N#CCc1c(Br)c(I)c2n1CCNC2=O. The number of carbonyl (C=O) groups is 1. The van der Waals surface area contributed by atoms with Crippen LogP contribution in [0.25, 0.3) is 0 Å². The van der Waals surface area contributed by atoms with Crippen molar-refractivity contribution in [1.82, 2.24) is 9.88 Å². The maximum Gasteiger partial charge on any atom is 0.269 e. The summed E-state index contributed by atoms with van der Waals surface area (Å²) in [6.07, 6.45) is 0.323. The van der Waals surface area contributed by atoms with E-state index in [2.05, 4.69) is 49.9 Å². The number of rotatable bonds is 1. The Kier molecular flexibility index (Phi) is 3.02. The Hall–Kier alpha value is -0.550. The van der Waals surface area contributed by atoms with Crippen LogP contribution in [-0.4, -0.2) is 17.0 Å². The van der Waals surface area contributed by atoms with E-state index in [9.17, 15) is 4.79 Å². The average Bonchev–Trinajstić information content (AvgIpc) is 2.45. The van der Waals surface area contributed by atoms with E-state index in [1.807, 2.05) is 4.57 Å². The van der Waals surface area contributed by atoms with Gasteiger partial charge in [0, 0.05) is 18.8 Å².